The van der Waals surface area contributed by atoms with Crippen molar-refractivity contribution in [3.05, 3.63) is 58.6 Å². The Morgan fingerprint density at radius 1 is 0.867 bits per heavy atom. The SMILES string of the molecule is Br.Clc1cccc2c1Cc1ccccc1-2. The van der Waals surface area contributed by atoms with Crippen LogP contribution in [0.4, 0.5) is 0 Å². The van der Waals surface area contributed by atoms with Crippen LogP contribution in [-0.4, -0.2) is 0 Å². The summed E-state index contributed by atoms with van der Waals surface area (Å²) >= 11 is 6.16. The highest BCUT2D eigenvalue weighted by Crippen LogP contribution is 2.39. The van der Waals surface area contributed by atoms with Crippen LogP contribution in [0, 0.1) is 0 Å². The van der Waals surface area contributed by atoms with Gasteiger partial charge in [-0.1, -0.05) is 48.0 Å². The summed E-state index contributed by atoms with van der Waals surface area (Å²) in [7, 11) is 0. The third-order valence-electron chi connectivity index (χ3n) is 2.79. The lowest BCUT2D eigenvalue weighted by Gasteiger charge is -2.00. The third-order valence-corrected chi connectivity index (χ3v) is 3.15. The molecule has 0 radical (unpaired) electrons. The van der Waals surface area contributed by atoms with Crippen molar-refractivity contribution >= 4 is 28.6 Å². The van der Waals surface area contributed by atoms with Crippen molar-refractivity contribution in [1.82, 2.24) is 0 Å². The molecular formula is C13H10BrCl. The smallest absolute Gasteiger partial charge is 0.0447 e. The molecule has 0 aromatic heterocycles. The largest absolute Gasteiger partial charge is 0.114 e. The van der Waals surface area contributed by atoms with E-state index in [9.17, 15) is 0 Å². The van der Waals surface area contributed by atoms with Gasteiger partial charge >= 0.3 is 0 Å². The normalized spacial score (nSPS) is 11.5. The molecule has 0 aliphatic heterocycles. The minimum absolute atomic E-state index is 0. The fraction of sp³-hybridized carbons (Fsp3) is 0.0769. The second-order valence-corrected chi connectivity index (χ2v) is 4.01. The van der Waals surface area contributed by atoms with Crippen LogP contribution in [0.1, 0.15) is 11.1 Å². The highest BCUT2D eigenvalue weighted by molar-refractivity contribution is 8.93. The number of hydrogen-bond acceptors (Lipinski definition) is 0. The number of hydrogen-bond donors (Lipinski definition) is 0. The molecule has 1 aliphatic rings. The molecule has 76 valence electrons. The summed E-state index contributed by atoms with van der Waals surface area (Å²) in [6, 6.07) is 14.6. The topological polar surface area (TPSA) is 0 Å². The van der Waals surface area contributed by atoms with Gasteiger partial charge in [-0.25, -0.2) is 0 Å². The molecule has 0 saturated heterocycles. The Hall–Kier alpha value is -0.790. The Labute approximate surface area is 105 Å². The Balaban J connectivity index is 0.000000853. The average molecular weight is 282 g/mol. The summed E-state index contributed by atoms with van der Waals surface area (Å²) < 4.78 is 0. The third kappa shape index (κ3) is 1.60. The van der Waals surface area contributed by atoms with Crippen LogP contribution in [0.15, 0.2) is 42.5 Å². The van der Waals surface area contributed by atoms with Crippen molar-refractivity contribution in [2.75, 3.05) is 0 Å². The second kappa shape index (κ2) is 3.99. The van der Waals surface area contributed by atoms with Crippen LogP contribution in [0.3, 0.4) is 0 Å². The Morgan fingerprint density at radius 2 is 1.60 bits per heavy atom. The van der Waals surface area contributed by atoms with E-state index in [2.05, 4.69) is 30.3 Å². The molecule has 0 spiro atoms. The first-order chi connectivity index (χ1) is 6.86. The highest BCUT2D eigenvalue weighted by Gasteiger charge is 2.19. The van der Waals surface area contributed by atoms with Gasteiger partial charge in [0.2, 0.25) is 0 Å². The minimum Gasteiger partial charge on any atom is -0.114 e. The van der Waals surface area contributed by atoms with Gasteiger partial charge in [-0.2, -0.15) is 0 Å². The summed E-state index contributed by atoms with van der Waals surface area (Å²) in [4.78, 5) is 0. The van der Waals surface area contributed by atoms with Crippen LogP contribution in [-0.2, 0) is 6.42 Å². The first-order valence-corrected chi connectivity index (χ1v) is 5.10. The van der Waals surface area contributed by atoms with E-state index in [4.69, 9.17) is 11.6 Å². The maximum atomic E-state index is 6.16. The quantitative estimate of drug-likeness (QED) is 0.569. The molecule has 2 heteroatoms. The zero-order valence-corrected chi connectivity index (χ0v) is 10.5. The van der Waals surface area contributed by atoms with Crippen molar-refractivity contribution in [2.24, 2.45) is 0 Å². The molecule has 0 amide bonds. The number of benzene rings is 2. The number of rotatable bonds is 0. The lowest BCUT2D eigenvalue weighted by atomic mass is 10.1. The van der Waals surface area contributed by atoms with Gasteiger partial charge in [0.05, 0.1) is 0 Å². The summed E-state index contributed by atoms with van der Waals surface area (Å²) in [5.74, 6) is 0. The van der Waals surface area contributed by atoms with Gasteiger partial charge in [0.15, 0.2) is 0 Å². The van der Waals surface area contributed by atoms with Crippen molar-refractivity contribution in [3.8, 4) is 11.1 Å². The zero-order chi connectivity index (χ0) is 9.54. The molecule has 0 atom stereocenters. The molecule has 15 heavy (non-hydrogen) atoms. The second-order valence-electron chi connectivity index (χ2n) is 3.60. The molecule has 0 saturated carbocycles. The van der Waals surface area contributed by atoms with Crippen LogP contribution in [0.2, 0.25) is 5.02 Å². The summed E-state index contributed by atoms with van der Waals surface area (Å²) in [6.07, 6.45) is 0.977. The molecule has 2 aromatic carbocycles. The molecule has 0 unspecified atom stereocenters. The first-order valence-electron chi connectivity index (χ1n) is 4.72. The van der Waals surface area contributed by atoms with Gasteiger partial charge in [-0.05, 0) is 28.3 Å². The van der Waals surface area contributed by atoms with E-state index in [0.29, 0.717) is 0 Å². The van der Waals surface area contributed by atoms with Crippen LogP contribution >= 0.6 is 28.6 Å². The van der Waals surface area contributed by atoms with Gasteiger partial charge < -0.3 is 0 Å². The summed E-state index contributed by atoms with van der Waals surface area (Å²) in [5, 5.41) is 0.888. The first kappa shape index (κ1) is 10.7. The van der Waals surface area contributed by atoms with Crippen molar-refractivity contribution in [1.29, 1.82) is 0 Å². The fourth-order valence-electron chi connectivity index (χ4n) is 2.12. The number of halogens is 2. The van der Waals surface area contributed by atoms with E-state index in [-0.39, 0.29) is 17.0 Å². The van der Waals surface area contributed by atoms with E-state index in [1.54, 1.807) is 0 Å². The Bertz CT molecular complexity index is 506. The zero-order valence-electron chi connectivity index (χ0n) is 8.03. The lowest BCUT2D eigenvalue weighted by molar-refractivity contribution is 1.26. The molecule has 3 rings (SSSR count). The van der Waals surface area contributed by atoms with Gasteiger partial charge in [-0.15, -0.1) is 17.0 Å². The van der Waals surface area contributed by atoms with Crippen molar-refractivity contribution in [2.45, 2.75) is 6.42 Å². The monoisotopic (exact) mass is 280 g/mol. The molecule has 1 aliphatic carbocycles. The van der Waals surface area contributed by atoms with E-state index in [1.807, 2.05) is 12.1 Å². The molecular weight excluding hydrogens is 272 g/mol. The van der Waals surface area contributed by atoms with Gasteiger partial charge in [0.1, 0.15) is 0 Å². The van der Waals surface area contributed by atoms with Crippen LogP contribution in [0.25, 0.3) is 11.1 Å². The Kier molecular flexibility index (Phi) is 2.85. The Morgan fingerprint density at radius 3 is 2.47 bits per heavy atom. The van der Waals surface area contributed by atoms with E-state index in [0.717, 1.165) is 11.4 Å². The highest BCUT2D eigenvalue weighted by atomic mass is 79.9. The molecule has 2 aromatic rings. The average Bonchev–Trinajstić information content (AvgIpc) is 2.59. The molecule has 0 fully saturated rings. The van der Waals surface area contributed by atoms with Gasteiger partial charge in [0.25, 0.3) is 0 Å². The van der Waals surface area contributed by atoms with Gasteiger partial charge in [0, 0.05) is 11.4 Å². The predicted octanol–water partition coefficient (Wildman–Crippen LogP) is 4.49. The minimum atomic E-state index is 0. The van der Waals surface area contributed by atoms with Crippen molar-refractivity contribution in [3.63, 3.8) is 0 Å². The molecule has 0 heterocycles. The number of fused-ring (bicyclic) bond motifs is 3. The maximum Gasteiger partial charge on any atom is 0.0447 e. The molecule has 0 bridgehead atoms. The standard InChI is InChI=1S/C13H9Cl.BrH/c14-13-7-3-6-11-10-5-2-1-4-9(10)8-12(11)13;/h1-7H,8H2;1H. The molecule has 0 nitrogen and oxygen atoms in total. The maximum absolute atomic E-state index is 6.16. The summed E-state index contributed by atoms with van der Waals surface area (Å²) in [6.45, 7) is 0. The lowest BCUT2D eigenvalue weighted by Crippen LogP contribution is -1.80. The fourth-order valence-corrected chi connectivity index (χ4v) is 2.36. The van der Waals surface area contributed by atoms with Gasteiger partial charge in [-0.3, -0.25) is 0 Å². The predicted molar refractivity (Wildman–Crippen MR) is 70.0 cm³/mol. The summed E-state index contributed by atoms with van der Waals surface area (Å²) in [5.41, 5.74) is 5.30. The van der Waals surface area contributed by atoms with Crippen LogP contribution in [0.5, 0.6) is 0 Å². The molecule has 0 N–H and O–H groups in total. The van der Waals surface area contributed by atoms with E-state index >= 15 is 0 Å². The van der Waals surface area contributed by atoms with Crippen molar-refractivity contribution < 1.29 is 0 Å². The van der Waals surface area contributed by atoms with E-state index < -0.39 is 0 Å². The van der Waals surface area contributed by atoms with E-state index in [1.165, 1.54) is 22.3 Å². The van der Waals surface area contributed by atoms with Crippen LogP contribution < -0.4 is 0 Å².